The Labute approximate surface area is 87.4 Å². The summed E-state index contributed by atoms with van der Waals surface area (Å²) in [5.74, 6) is 0. The van der Waals surface area contributed by atoms with E-state index < -0.39 is 0 Å². The van der Waals surface area contributed by atoms with Crippen molar-refractivity contribution in [1.29, 1.82) is 0 Å². The Morgan fingerprint density at radius 1 is 1.57 bits per heavy atom. The third-order valence-electron chi connectivity index (χ3n) is 2.06. The molecule has 0 aliphatic carbocycles. The van der Waals surface area contributed by atoms with E-state index in [0.717, 1.165) is 5.69 Å². The minimum atomic E-state index is 0.346. The molecule has 4 heteroatoms. The third-order valence-corrected chi connectivity index (χ3v) is 3.11. The highest BCUT2D eigenvalue weighted by molar-refractivity contribution is 7.10. The van der Waals surface area contributed by atoms with Gasteiger partial charge in [0.2, 0.25) is 0 Å². The van der Waals surface area contributed by atoms with Crippen LogP contribution >= 0.6 is 11.3 Å². The Morgan fingerprint density at radius 3 is 3.00 bits per heavy atom. The van der Waals surface area contributed by atoms with Gasteiger partial charge in [0, 0.05) is 18.1 Å². The Kier molecular flexibility index (Phi) is 2.54. The molecule has 1 unspecified atom stereocenters. The minimum Gasteiger partial charge on any atom is -0.375 e. The fraction of sp³-hybridized carbons (Fsp3) is 0.300. The summed E-state index contributed by atoms with van der Waals surface area (Å²) in [5.41, 5.74) is 1.06. The molecule has 0 saturated carbocycles. The van der Waals surface area contributed by atoms with Crippen molar-refractivity contribution in [1.82, 2.24) is 9.78 Å². The molecule has 0 radical (unpaired) electrons. The second-order valence-electron chi connectivity index (χ2n) is 3.28. The number of anilines is 1. The van der Waals surface area contributed by atoms with Crippen molar-refractivity contribution in [3.8, 4) is 0 Å². The van der Waals surface area contributed by atoms with Crippen molar-refractivity contribution < 1.29 is 0 Å². The zero-order chi connectivity index (χ0) is 9.97. The van der Waals surface area contributed by atoms with Crippen molar-refractivity contribution in [2.75, 3.05) is 5.32 Å². The van der Waals surface area contributed by atoms with Gasteiger partial charge in [0.15, 0.2) is 0 Å². The van der Waals surface area contributed by atoms with E-state index in [0.29, 0.717) is 6.04 Å². The second kappa shape index (κ2) is 3.84. The first kappa shape index (κ1) is 9.27. The highest BCUT2D eigenvalue weighted by Gasteiger charge is 2.06. The molecule has 2 heterocycles. The molecule has 0 amide bonds. The Morgan fingerprint density at radius 2 is 2.43 bits per heavy atom. The first-order valence-corrected chi connectivity index (χ1v) is 5.42. The Balaban J connectivity index is 2.05. The van der Waals surface area contributed by atoms with Gasteiger partial charge >= 0.3 is 0 Å². The van der Waals surface area contributed by atoms with Crippen molar-refractivity contribution in [2.24, 2.45) is 7.05 Å². The number of aromatic nitrogens is 2. The summed E-state index contributed by atoms with van der Waals surface area (Å²) in [6.45, 7) is 2.15. The maximum atomic E-state index is 4.11. The maximum absolute atomic E-state index is 4.11. The first-order valence-electron chi connectivity index (χ1n) is 4.54. The monoisotopic (exact) mass is 207 g/mol. The largest absolute Gasteiger partial charge is 0.375 e. The van der Waals surface area contributed by atoms with E-state index in [2.05, 4.69) is 34.9 Å². The fourth-order valence-corrected chi connectivity index (χ4v) is 2.09. The van der Waals surface area contributed by atoms with Crippen molar-refractivity contribution in [3.05, 3.63) is 34.8 Å². The maximum Gasteiger partial charge on any atom is 0.0731 e. The number of rotatable bonds is 3. The summed E-state index contributed by atoms with van der Waals surface area (Å²) < 4.78 is 1.80. The van der Waals surface area contributed by atoms with Crippen LogP contribution in [0.25, 0.3) is 0 Å². The molecule has 3 nitrogen and oxygen atoms in total. The topological polar surface area (TPSA) is 29.9 Å². The van der Waals surface area contributed by atoms with Crippen LogP contribution < -0.4 is 5.32 Å². The van der Waals surface area contributed by atoms with Crippen molar-refractivity contribution >= 4 is 17.0 Å². The molecule has 0 spiro atoms. The molecule has 0 aliphatic rings. The predicted octanol–water partition coefficient (Wildman–Crippen LogP) is 2.65. The van der Waals surface area contributed by atoms with Gasteiger partial charge in [-0.25, -0.2) is 0 Å². The average molecular weight is 207 g/mol. The van der Waals surface area contributed by atoms with Gasteiger partial charge in [0.1, 0.15) is 0 Å². The summed E-state index contributed by atoms with van der Waals surface area (Å²) >= 11 is 1.77. The molecule has 0 bridgehead atoms. The molecular weight excluding hydrogens is 194 g/mol. The van der Waals surface area contributed by atoms with Crippen LogP contribution in [0, 0.1) is 0 Å². The molecule has 2 rings (SSSR count). The van der Waals surface area contributed by atoms with Gasteiger partial charge in [-0.3, -0.25) is 4.68 Å². The van der Waals surface area contributed by atoms with E-state index in [4.69, 9.17) is 0 Å². The normalized spacial score (nSPS) is 12.7. The molecule has 14 heavy (non-hydrogen) atoms. The smallest absolute Gasteiger partial charge is 0.0731 e. The van der Waals surface area contributed by atoms with Crippen LogP contribution in [-0.2, 0) is 7.05 Å². The molecule has 2 aromatic heterocycles. The van der Waals surface area contributed by atoms with Gasteiger partial charge in [0.05, 0.1) is 17.9 Å². The number of hydrogen-bond donors (Lipinski definition) is 1. The number of hydrogen-bond acceptors (Lipinski definition) is 3. The highest BCUT2D eigenvalue weighted by atomic mass is 32.1. The lowest BCUT2D eigenvalue weighted by molar-refractivity contribution is 0.767. The predicted molar refractivity (Wildman–Crippen MR) is 59.6 cm³/mol. The van der Waals surface area contributed by atoms with Gasteiger partial charge in [0.25, 0.3) is 0 Å². The second-order valence-corrected chi connectivity index (χ2v) is 4.26. The lowest BCUT2D eigenvalue weighted by Crippen LogP contribution is -2.03. The average Bonchev–Trinajstić information content (AvgIpc) is 2.75. The minimum absolute atomic E-state index is 0.346. The molecule has 1 atom stereocenters. The zero-order valence-electron chi connectivity index (χ0n) is 8.27. The van der Waals surface area contributed by atoms with Crippen LogP contribution in [0.5, 0.6) is 0 Å². The lowest BCUT2D eigenvalue weighted by Gasteiger charge is -2.10. The highest BCUT2D eigenvalue weighted by Crippen LogP contribution is 2.22. The molecule has 0 saturated heterocycles. The molecule has 0 aromatic carbocycles. The van der Waals surface area contributed by atoms with E-state index in [-0.39, 0.29) is 0 Å². The molecule has 0 fully saturated rings. The summed E-state index contributed by atoms with van der Waals surface area (Å²) in [6, 6.07) is 4.55. The number of aryl methyl sites for hydroxylation is 1. The summed E-state index contributed by atoms with van der Waals surface area (Å²) in [7, 11) is 1.92. The zero-order valence-corrected chi connectivity index (χ0v) is 9.08. The first-order chi connectivity index (χ1) is 6.75. The van der Waals surface area contributed by atoms with E-state index >= 15 is 0 Å². The Bertz CT molecular complexity index is 391. The van der Waals surface area contributed by atoms with Crippen LogP contribution in [0.3, 0.4) is 0 Å². The number of nitrogens with one attached hydrogen (secondary N) is 1. The fourth-order valence-electron chi connectivity index (χ4n) is 1.35. The summed E-state index contributed by atoms with van der Waals surface area (Å²) in [6.07, 6.45) is 3.81. The van der Waals surface area contributed by atoms with Gasteiger partial charge in [-0.05, 0) is 18.4 Å². The summed E-state index contributed by atoms with van der Waals surface area (Å²) in [4.78, 5) is 1.34. The Hall–Kier alpha value is -1.29. The quantitative estimate of drug-likeness (QED) is 0.838. The molecule has 2 aromatic rings. The SMILES string of the molecule is CC(Nc1cnn(C)c1)c1cccs1. The van der Waals surface area contributed by atoms with Gasteiger partial charge in [-0.15, -0.1) is 11.3 Å². The van der Waals surface area contributed by atoms with E-state index in [1.54, 1.807) is 16.0 Å². The van der Waals surface area contributed by atoms with Crippen LogP contribution in [0.2, 0.25) is 0 Å². The van der Waals surface area contributed by atoms with E-state index in [9.17, 15) is 0 Å². The van der Waals surface area contributed by atoms with Gasteiger partial charge < -0.3 is 5.32 Å². The number of thiophene rings is 1. The van der Waals surface area contributed by atoms with Crippen LogP contribution in [0.1, 0.15) is 17.8 Å². The van der Waals surface area contributed by atoms with Crippen molar-refractivity contribution in [2.45, 2.75) is 13.0 Å². The van der Waals surface area contributed by atoms with E-state index in [1.807, 2.05) is 19.4 Å². The van der Waals surface area contributed by atoms with Gasteiger partial charge in [-0.1, -0.05) is 6.07 Å². The standard InChI is InChI=1S/C10H13N3S/c1-8(10-4-3-5-14-10)12-9-6-11-13(2)7-9/h3-8,12H,1-2H3. The van der Waals surface area contributed by atoms with E-state index in [1.165, 1.54) is 4.88 Å². The molecular formula is C10H13N3S. The third kappa shape index (κ3) is 1.96. The molecule has 1 N–H and O–H groups in total. The van der Waals surface area contributed by atoms with Crippen LogP contribution in [-0.4, -0.2) is 9.78 Å². The summed E-state index contributed by atoms with van der Waals surface area (Å²) in [5, 5.41) is 9.59. The number of nitrogens with zero attached hydrogens (tertiary/aromatic N) is 2. The van der Waals surface area contributed by atoms with Crippen LogP contribution in [0.4, 0.5) is 5.69 Å². The lowest BCUT2D eigenvalue weighted by atomic mass is 10.3. The molecule has 74 valence electrons. The van der Waals surface area contributed by atoms with Crippen LogP contribution in [0.15, 0.2) is 29.9 Å². The van der Waals surface area contributed by atoms with Crippen molar-refractivity contribution in [3.63, 3.8) is 0 Å². The van der Waals surface area contributed by atoms with Gasteiger partial charge in [-0.2, -0.15) is 5.10 Å². The molecule has 0 aliphatic heterocycles.